The van der Waals surface area contributed by atoms with Gasteiger partial charge < -0.3 is 5.32 Å². The SMILES string of the molecule is Cc1ccc(Br)cc1NC(=O)CCn1cncn1. The van der Waals surface area contributed by atoms with Crippen molar-refractivity contribution in [3.8, 4) is 0 Å². The highest BCUT2D eigenvalue weighted by atomic mass is 79.9. The van der Waals surface area contributed by atoms with Crippen LogP contribution in [0.4, 0.5) is 5.69 Å². The molecule has 1 aromatic carbocycles. The van der Waals surface area contributed by atoms with E-state index >= 15 is 0 Å². The monoisotopic (exact) mass is 308 g/mol. The lowest BCUT2D eigenvalue weighted by molar-refractivity contribution is -0.116. The molecule has 0 saturated carbocycles. The average molecular weight is 309 g/mol. The lowest BCUT2D eigenvalue weighted by Gasteiger charge is -2.08. The van der Waals surface area contributed by atoms with Crippen molar-refractivity contribution in [3.05, 3.63) is 40.9 Å². The van der Waals surface area contributed by atoms with E-state index < -0.39 is 0 Å². The number of amides is 1. The van der Waals surface area contributed by atoms with Gasteiger partial charge in [-0.25, -0.2) is 4.98 Å². The van der Waals surface area contributed by atoms with Crippen LogP contribution < -0.4 is 5.32 Å². The van der Waals surface area contributed by atoms with Crippen LogP contribution in [0.15, 0.2) is 35.3 Å². The predicted octanol–water partition coefficient (Wildman–Crippen LogP) is 2.38. The summed E-state index contributed by atoms with van der Waals surface area (Å²) in [7, 11) is 0. The maximum absolute atomic E-state index is 11.8. The van der Waals surface area contributed by atoms with E-state index in [1.807, 2.05) is 25.1 Å². The molecule has 18 heavy (non-hydrogen) atoms. The van der Waals surface area contributed by atoms with Gasteiger partial charge in [-0.3, -0.25) is 9.48 Å². The Morgan fingerprint density at radius 1 is 1.50 bits per heavy atom. The van der Waals surface area contributed by atoms with E-state index in [4.69, 9.17) is 0 Å². The summed E-state index contributed by atoms with van der Waals surface area (Å²) in [5.41, 5.74) is 1.86. The molecule has 6 heteroatoms. The Labute approximate surface area is 113 Å². The molecule has 2 aromatic rings. The number of nitrogens with one attached hydrogen (secondary N) is 1. The third-order valence-corrected chi connectivity index (χ3v) is 3.00. The third-order valence-electron chi connectivity index (χ3n) is 2.51. The van der Waals surface area contributed by atoms with E-state index in [1.54, 1.807) is 11.0 Å². The van der Waals surface area contributed by atoms with Gasteiger partial charge in [0.15, 0.2) is 0 Å². The molecule has 0 aliphatic carbocycles. The number of nitrogens with zero attached hydrogens (tertiary/aromatic N) is 3. The maximum atomic E-state index is 11.8. The second-order valence-corrected chi connectivity index (χ2v) is 4.83. The van der Waals surface area contributed by atoms with Crippen molar-refractivity contribution < 1.29 is 4.79 Å². The van der Waals surface area contributed by atoms with Crippen LogP contribution >= 0.6 is 15.9 Å². The molecule has 1 heterocycles. The highest BCUT2D eigenvalue weighted by molar-refractivity contribution is 9.10. The van der Waals surface area contributed by atoms with Gasteiger partial charge in [-0.1, -0.05) is 22.0 Å². The Morgan fingerprint density at radius 2 is 2.33 bits per heavy atom. The van der Waals surface area contributed by atoms with E-state index in [1.165, 1.54) is 6.33 Å². The van der Waals surface area contributed by atoms with Crippen LogP contribution in [-0.4, -0.2) is 20.7 Å². The molecule has 1 aromatic heterocycles. The Balaban J connectivity index is 1.92. The van der Waals surface area contributed by atoms with Crippen LogP contribution in [0.2, 0.25) is 0 Å². The Morgan fingerprint density at radius 3 is 3.06 bits per heavy atom. The van der Waals surface area contributed by atoms with Crippen molar-refractivity contribution in [2.75, 3.05) is 5.32 Å². The van der Waals surface area contributed by atoms with Crippen LogP contribution in [0.3, 0.4) is 0 Å². The minimum absolute atomic E-state index is 0.0355. The number of aryl methyl sites for hydroxylation is 2. The number of aromatic nitrogens is 3. The number of anilines is 1. The Bertz CT molecular complexity index is 539. The molecule has 1 amide bonds. The predicted molar refractivity (Wildman–Crippen MR) is 72.1 cm³/mol. The van der Waals surface area contributed by atoms with Crippen molar-refractivity contribution in [1.82, 2.24) is 14.8 Å². The molecular formula is C12H13BrN4O. The summed E-state index contributed by atoms with van der Waals surface area (Å²) in [6.07, 6.45) is 3.42. The normalized spacial score (nSPS) is 10.3. The molecule has 0 unspecified atom stereocenters. The molecule has 0 aliphatic heterocycles. The summed E-state index contributed by atoms with van der Waals surface area (Å²) < 4.78 is 2.58. The van der Waals surface area contributed by atoms with Crippen molar-refractivity contribution in [1.29, 1.82) is 0 Å². The van der Waals surface area contributed by atoms with E-state index in [9.17, 15) is 4.79 Å². The largest absolute Gasteiger partial charge is 0.326 e. The second-order valence-electron chi connectivity index (χ2n) is 3.92. The molecule has 0 saturated heterocycles. The number of hydrogen-bond donors (Lipinski definition) is 1. The van der Waals surface area contributed by atoms with Gasteiger partial charge in [-0.05, 0) is 24.6 Å². The molecule has 0 fully saturated rings. The summed E-state index contributed by atoms with van der Waals surface area (Å²) in [4.78, 5) is 15.6. The number of benzene rings is 1. The van der Waals surface area contributed by atoms with Crippen LogP contribution in [0, 0.1) is 6.92 Å². The lowest BCUT2D eigenvalue weighted by Crippen LogP contribution is -2.15. The quantitative estimate of drug-likeness (QED) is 0.943. The molecule has 94 valence electrons. The zero-order chi connectivity index (χ0) is 13.0. The van der Waals surface area contributed by atoms with Crippen molar-refractivity contribution >= 4 is 27.5 Å². The van der Waals surface area contributed by atoms with Crippen molar-refractivity contribution in [2.45, 2.75) is 19.9 Å². The standard InChI is InChI=1S/C12H13BrN4O/c1-9-2-3-10(13)6-11(9)16-12(18)4-5-17-8-14-7-15-17/h2-3,6-8H,4-5H2,1H3,(H,16,18). The van der Waals surface area contributed by atoms with Crippen molar-refractivity contribution in [3.63, 3.8) is 0 Å². The number of hydrogen-bond acceptors (Lipinski definition) is 3. The van der Waals surface area contributed by atoms with Gasteiger partial charge in [0, 0.05) is 16.6 Å². The first-order valence-electron chi connectivity index (χ1n) is 5.53. The van der Waals surface area contributed by atoms with Crippen LogP contribution in [0.5, 0.6) is 0 Å². The van der Waals surface area contributed by atoms with Gasteiger partial charge >= 0.3 is 0 Å². The second kappa shape index (κ2) is 5.77. The minimum Gasteiger partial charge on any atom is -0.326 e. The van der Waals surface area contributed by atoms with Gasteiger partial charge in [-0.2, -0.15) is 5.10 Å². The topological polar surface area (TPSA) is 59.8 Å². The summed E-state index contributed by atoms with van der Waals surface area (Å²) in [5, 5.41) is 6.83. The van der Waals surface area contributed by atoms with Crippen LogP contribution in [0.1, 0.15) is 12.0 Å². The van der Waals surface area contributed by atoms with Gasteiger partial charge in [0.1, 0.15) is 12.7 Å². The fourth-order valence-corrected chi connectivity index (χ4v) is 1.87. The zero-order valence-electron chi connectivity index (χ0n) is 9.93. The lowest BCUT2D eigenvalue weighted by atomic mass is 10.2. The summed E-state index contributed by atoms with van der Waals surface area (Å²) >= 11 is 3.38. The molecule has 2 rings (SSSR count). The third kappa shape index (κ3) is 3.40. The maximum Gasteiger partial charge on any atom is 0.226 e. The molecule has 0 spiro atoms. The highest BCUT2D eigenvalue weighted by Crippen LogP contribution is 2.20. The first-order valence-corrected chi connectivity index (χ1v) is 6.33. The fourth-order valence-electron chi connectivity index (χ4n) is 1.51. The molecular weight excluding hydrogens is 296 g/mol. The summed E-state index contributed by atoms with van der Waals surface area (Å²) in [6, 6.07) is 5.79. The summed E-state index contributed by atoms with van der Waals surface area (Å²) in [6.45, 7) is 2.48. The number of carbonyl (C=O) groups excluding carboxylic acids is 1. The van der Waals surface area contributed by atoms with E-state index in [-0.39, 0.29) is 5.91 Å². The molecule has 0 atom stereocenters. The zero-order valence-corrected chi connectivity index (χ0v) is 11.5. The molecule has 0 radical (unpaired) electrons. The smallest absolute Gasteiger partial charge is 0.226 e. The van der Waals surface area contributed by atoms with Gasteiger partial charge in [0.2, 0.25) is 5.91 Å². The van der Waals surface area contributed by atoms with E-state index in [0.717, 1.165) is 15.7 Å². The van der Waals surface area contributed by atoms with E-state index in [2.05, 4.69) is 31.3 Å². The number of halogens is 1. The fraction of sp³-hybridized carbons (Fsp3) is 0.250. The first kappa shape index (κ1) is 12.8. The van der Waals surface area contributed by atoms with Crippen LogP contribution in [-0.2, 0) is 11.3 Å². The van der Waals surface area contributed by atoms with Gasteiger partial charge in [0.25, 0.3) is 0 Å². The molecule has 5 nitrogen and oxygen atoms in total. The van der Waals surface area contributed by atoms with E-state index in [0.29, 0.717) is 13.0 Å². The van der Waals surface area contributed by atoms with Gasteiger partial charge in [-0.15, -0.1) is 0 Å². The molecule has 0 aliphatic rings. The molecule has 1 N–H and O–H groups in total. The molecule has 0 bridgehead atoms. The Hall–Kier alpha value is -1.69. The van der Waals surface area contributed by atoms with Crippen LogP contribution in [0.25, 0.3) is 0 Å². The Kier molecular flexibility index (Phi) is 4.09. The van der Waals surface area contributed by atoms with Crippen molar-refractivity contribution in [2.24, 2.45) is 0 Å². The summed E-state index contributed by atoms with van der Waals surface area (Å²) in [5.74, 6) is -0.0355. The van der Waals surface area contributed by atoms with Gasteiger partial charge in [0.05, 0.1) is 6.54 Å². The first-order chi connectivity index (χ1) is 8.65. The number of rotatable bonds is 4. The number of carbonyl (C=O) groups is 1. The average Bonchev–Trinajstić information content (AvgIpc) is 2.84. The highest BCUT2D eigenvalue weighted by Gasteiger charge is 2.05. The minimum atomic E-state index is -0.0355.